The molecular formula is C27H32N2O10. The van der Waals surface area contributed by atoms with E-state index in [0.29, 0.717) is 22.8 Å². The summed E-state index contributed by atoms with van der Waals surface area (Å²) >= 11 is 0. The lowest BCUT2D eigenvalue weighted by molar-refractivity contribution is -0.537. The number of benzene rings is 2. The lowest BCUT2D eigenvalue weighted by atomic mass is 9.77. The van der Waals surface area contributed by atoms with Crippen LogP contribution in [0.4, 0.5) is 0 Å². The highest BCUT2D eigenvalue weighted by molar-refractivity contribution is 5.66. The van der Waals surface area contributed by atoms with Crippen molar-refractivity contribution < 1.29 is 42.9 Å². The summed E-state index contributed by atoms with van der Waals surface area (Å²) in [7, 11) is 5.74. The van der Waals surface area contributed by atoms with Gasteiger partial charge in [0.2, 0.25) is 17.8 Å². The number of carbonyl (C=O) groups is 1. The topological polar surface area (TPSA) is 149 Å². The van der Waals surface area contributed by atoms with E-state index < -0.39 is 34.7 Å². The predicted octanol–water partition coefficient (Wildman–Crippen LogP) is 4.05. The number of nitro groups is 1. The first-order chi connectivity index (χ1) is 18.6. The standard InChI is InChI=1S/C27H32N2O10/c1-16(30)37-19(18(29(31)32)14-23-38-20-9-7-8-10-21(20)39-23)11-12-27(2,15-28)17-13-22(33-3)25(35-5)26(36-6)24(17)34-4/h7-10,13,18-19,23H,11-12,14H2,1-6H3. The molecule has 0 aromatic heterocycles. The summed E-state index contributed by atoms with van der Waals surface area (Å²) in [6.45, 7) is 2.83. The summed E-state index contributed by atoms with van der Waals surface area (Å²) < 4.78 is 38.8. The molecule has 0 bridgehead atoms. The number of nitriles is 1. The Hall–Kier alpha value is -4.40. The third-order valence-corrected chi connectivity index (χ3v) is 6.58. The Morgan fingerprint density at radius 3 is 2.13 bits per heavy atom. The van der Waals surface area contributed by atoms with Gasteiger partial charge in [-0.1, -0.05) is 12.1 Å². The molecule has 0 aliphatic carbocycles. The number of fused-ring (bicyclic) bond motifs is 1. The SMILES string of the molecule is COc1cc(C(C)(C#N)CCC(OC(C)=O)C(CC2Oc3ccccc3O2)[N+](=O)[O-])c(OC)c(OC)c1OC. The quantitative estimate of drug-likeness (QED) is 0.204. The van der Waals surface area contributed by atoms with Crippen LogP contribution in [-0.4, -0.2) is 57.8 Å². The second-order valence-corrected chi connectivity index (χ2v) is 9.06. The van der Waals surface area contributed by atoms with Crippen LogP contribution in [-0.2, 0) is 14.9 Å². The van der Waals surface area contributed by atoms with Gasteiger partial charge in [0.15, 0.2) is 29.1 Å². The molecule has 12 heteroatoms. The monoisotopic (exact) mass is 544 g/mol. The van der Waals surface area contributed by atoms with Crippen LogP contribution in [0.5, 0.6) is 34.5 Å². The maximum atomic E-state index is 12.2. The molecule has 3 rings (SSSR count). The summed E-state index contributed by atoms with van der Waals surface area (Å²) in [6, 6.07) is 9.44. The molecule has 0 spiro atoms. The zero-order valence-corrected chi connectivity index (χ0v) is 22.7. The second kappa shape index (κ2) is 12.4. The Bertz CT molecular complexity index is 1220. The van der Waals surface area contributed by atoms with Gasteiger partial charge in [-0.15, -0.1) is 0 Å². The van der Waals surface area contributed by atoms with Gasteiger partial charge in [0.1, 0.15) is 0 Å². The van der Waals surface area contributed by atoms with Gasteiger partial charge < -0.3 is 33.2 Å². The lowest BCUT2D eigenvalue weighted by Gasteiger charge is -2.29. The van der Waals surface area contributed by atoms with E-state index in [4.69, 9.17) is 33.2 Å². The molecule has 0 saturated heterocycles. The third-order valence-electron chi connectivity index (χ3n) is 6.58. The Balaban J connectivity index is 1.92. The normalized spacial score (nSPS) is 15.3. The number of methoxy groups -OCH3 is 4. The van der Waals surface area contributed by atoms with Crippen LogP contribution in [0.25, 0.3) is 0 Å². The van der Waals surface area contributed by atoms with Crippen molar-refractivity contribution in [2.45, 2.75) is 57.0 Å². The van der Waals surface area contributed by atoms with E-state index in [0.717, 1.165) is 0 Å². The maximum Gasteiger partial charge on any atom is 0.303 e. The maximum absolute atomic E-state index is 12.2. The number of hydrogen-bond donors (Lipinski definition) is 0. The van der Waals surface area contributed by atoms with Gasteiger partial charge in [0.25, 0.3) is 6.04 Å². The first-order valence-electron chi connectivity index (χ1n) is 12.1. The van der Waals surface area contributed by atoms with Crippen LogP contribution < -0.4 is 28.4 Å². The zero-order valence-electron chi connectivity index (χ0n) is 22.7. The molecule has 2 aromatic carbocycles. The van der Waals surface area contributed by atoms with E-state index in [-0.39, 0.29) is 36.5 Å². The average Bonchev–Trinajstić information content (AvgIpc) is 3.34. The molecule has 1 heterocycles. The van der Waals surface area contributed by atoms with Crippen molar-refractivity contribution in [1.29, 1.82) is 5.26 Å². The summed E-state index contributed by atoms with van der Waals surface area (Å²) in [5.74, 6) is 1.32. The molecule has 12 nitrogen and oxygen atoms in total. The van der Waals surface area contributed by atoms with E-state index in [1.54, 1.807) is 37.3 Å². The van der Waals surface area contributed by atoms with Gasteiger partial charge in [-0.3, -0.25) is 14.9 Å². The van der Waals surface area contributed by atoms with Crippen molar-refractivity contribution in [3.63, 3.8) is 0 Å². The van der Waals surface area contributed by atoms with Gasteiger partial charge in [-0.05, 0) is 38.0 Å². The smallest absolute Gasteiger partial charge is 0.303 e. The minimum atomic E-state index is -1.36. The Morgan fingerprint density at radius 1 is 1.08 bits per heavy atom. The van der Waals surface area contributed by atoms with Crippen LogP contribution in [0.2, 0.25) is 0 Å². The highest BCUT2D eigenvalue weighted by Gasteiger charge is 2.42. The third kappa shape index (κ3) is 6.19. The highest BCUT2D eigenvalue weighted by Crippen LogP contribution is 2.51. The molecule has 3 atom stereocenters. The Kier molecular flexibility index (Phi) is 9.29. The summed E-state index contributed by atoms with van der Waals surface area (Å²) in [5, 5.41) is 22.4. The molecule has 39 heavy (non-hydrogen) atoms. The van der Waals surface area contributed by atoms with Crippen molar-refractivity contribution in [2.24, 2.45) is 0 Å². The van der Waals surface area contributed by atoms with E-state index in [2.05, 4.69) is 6.07 Å². The Labute approximate surface area is 226 Å². The van der Waals surface area contributed by atoms with Crippen molar-refractivity contribution in [3.05, 3.63) is 46.0 Å². The van der Waals surface area contributed by atoms with E-state index in [1.165, 1.54) is 35.4 Å². The van der Waals surface area contributed by atoms with Crippen LogP contribution in [0.15, 0.2) is 30.3 Å². The number of para-hydroxylation sites is 2. The number of ether oxygens (including phenoxy) is 7. The molecular weight excluding hydrogens is 512 g/mol. The molecule has 0 fully saturated rings. The van der Waals surface area contributed by atoms with Crippen molar-refractivity contribution in [3.8, 4) is 40.6 Å². The molecule has 1 aliphatic rings. The van der Waals surface area contributed by atoms with Gasteiger partial charge in [0, 0.05) is 17.4 Å². The van der Waals surface area contributed by atoms with Crippen LogP contribution >= 0.6 is 0 Å². The van der Waals surface area contributed by atoms with Gasteiger partial charge in [-0.25, -0.2) is 0 Å². The zero-order chi connectivity index (χ0) is 28.7. The van der Waals surface area contributed by atoms with Gasteiger partial charge in [-0.2, -0.15) is 5.26 Å². The minimum absolute atomic E-state index is 0.0191. The van der Waals surface area contributed by atoms with Crippen molar-refractivity contribution in [1.82, 2.24) is 0 Å². The lowest BCUT2D eigenvalue weighted by Crippen LogP contribution is -2.42. The molecule has 0 N–H and O–H groups in total. The molecule has 0 radical (unpaired) electrons. The molecule has 1 aliphatic heterocycles. The van der Waals surface area contributed by atoms with Gasteiger partial charge >= 0.3 is 5.97 Å². The number of rotatable bonds is 13. The first-order valence-corrected chi connectivity index (χ1v) is 12.1. The van der Waals surface area contributed by atoms with Crippen LogP contribution in [0.3, 0.4) is 0 Å². The fourth-order valence-corrected chi connectivity index (χ4v) is 4.59. The number of esters is 1. The minimum Gasteiger partial charge on any atom is -0.493 e. The van der Waals surface area contributed by atoms with Crippen molar-refractivity contribution in [2.75, 3.05) is 28.4 Å². The number of carbonyl (C=O) groups excluding carboxylic acids is 1. The largest absolute Gasteiger partial charge is 0.493 e. The molecule has 2 aromatic rings. The molecule has 210 valence electrons. The van der Waals surface area contributed by atoms with E-state index >= 15 is 0 Å². The first kappa shape index (κ1) is 29.2. The van der Waals surface area contributed by atoms with E-state index in [1.807, 2.05) is 0 Å². The predicted molar refractivity (Wildman–Crippen MR) is 137 cm³/mol. The molecule has 0 amide bonds. The summed E-state index contributed by atoms with van der Waals surface area (Å²) in [6.07, 6.45) is -2.25. The Morgan fingerprint density at radius 2 is 1.67 bits per heavy atom. The van der Waals surface area contributed by atoms with Crippen LogP contribution in [0, 0.1) is 21.4 Å². The summed E-state index contributed by atoms with van der Waals surface area (Å²) in [5.41, 5.74) is -0.840. The number of hydrogen-bond acceptors (Lipinski definition) is 11. The van der Waals surface area contributed by atoms with E-state index in [9.17, 15) is 20.2 Å². The van der Waals surface area contributed by atoms with Crippen molar-refractivity contribution >= 4 is 5.97 Å². The molecule has 3 unspecified atom stereocenters. The van der Waals surface area contributed by atoms with Gasteiger partial charge in [0.05, 0.1) is 46.3 Å². The van der Waals surface area contributed by atoms with Crippen LogP contribution in [0.1, 0.15) is 38.7 Å². The molecule has 0 saturated carbocycles. The average molecular weight is 545 g/mol. The highest BCUT2D eigenvalue weighted by atomic mass is 16.7. The number of nitrogens with zero attached hydrogens (tertiary/aromatic N) is 2. The summed E-state index contributed by atoms with van der Waals surface area (Å²) in [4.78, 5) is 23.6. The fraction of sp³-hybridized carbons (Fsp3) is 0.481. The fourth-order valence-electron chi connectivity index (χ4n) is 4.59. The second-order valence-electron chi connectivity index (χ2n) is 9.06.